The molecule has 2 unspecified atom stereocenters. The van der Waals surface area contributed by atoms with Gasteiger partial charge >= 0.3 is 0 Å². The highest BCUT2D eigenvalue weighted by atomic mass is 32.2. The Kier molecular flexibility index (Phi) is 4.26. The molecule has 2 bridgehead atoms. The summed E-state index contributed by atoms with van der Waals surface area (Å²) >= 11 is 0. The lowest BCUT2D eigenvalue weighted by molar-refractivity contribution is -0.134. The maximum Gasteiger partial charge on any atom is 0.227 e. The van der Waals surface area contributed by atoms with Gasteiger partial charge in [0.2, 0.25) is 5.91 Å². The fourth-order valence-corrected chi connectivity index (χ4v) is 4.41. The van der Waals surface area contributed by atoms with Crippen molar-refractivity contribution in [3.8, 4) is 0 Å². The van der Waals surface area contributed by atoms with Crippen molar-refractivity contribution in [2.45, 2.75) is 37.0 Å². The molecule has 1 saturated carbocycles. The van der Waals surface area contributed by atoms with Gasteiger partial charge in [0.05, 0.1) is 11.3 Å². The minimum Gasteiger partial charge on any atom is -0.342 e. The fourth-order valence-electron chi connectivity index (χ4n) is 3.78. The molecule has 2 atom stereocenters. The molecule has 0 N–H and O–H groups in total. The molecule has 1 aromatic carbocycles. The second kappa shape index (κ2) is 6.03. The van der Waals surface area contributed by atoms with Crippen molar-refractivity contribution in [1.82, 2.24) is 4.90 Å². The maximum absolute atomic E-state index is 12.5. The first-order valence-electron chi connectivity index (χ1n) is 7.98. The molecule has 4 nitrogen and oxygen atoms in total. The number of hydrogen-bond donors (Lipinski definition) is 0. The van der Waals surface area contributed by atoms with Crippen molar-refractivity contribution < 1.29 is 13.2 Å². The molecule has 5 heteroatoms. The Morgan fingerprint density at radius 1 is 1.14 bits per heavy atom. The number of piperidine rings is 1. The van der Waals surface area contributed by atoms with Crippen LogP contribution in [0.4, 0.5) is 0 Å². The lowest BCUT2D eigenvalue weighted by Crippen LogP contribution is -2.46. The highest BCUT2D eigenvalue weighted by Gasteiger charge is 2.32. The summed E-state index contributed by atoms with van der Waals surface area (Å²) in [6, 6.07) is 6.67. The smallest absolute Gasteiger partial charge is 0.227 e. The van der Waals surface area contributed by atoms with Crippen molar-refractivity contribution in [1.29, 1.82) is 0 Å². The number of amides is 1. The average molecular weight is 321 g/mol. The molecular formula is C17H23NO3S. The molecule has 1 amide bonds. The van der Waals surface area contributed by atoms with E-state index in [9.17, 15) is 13.2 Å². The van der Waals surface area contributed by atoms with Crippen LogP contribution in [0.25, 0.3) is 0 Å². The lowest BCUT2D eigenvalue weighted by atomic mass is 9.78. The first kappa shape index (κ1) is 15.5. The van der Waals surface area contributed by atoms with E-state index in [1.165, 1.54) is 31.9 Å². The Balaban J connectivity index is 1.64. The Hall–Kier alpha value is -1.36. The van der Waals surface area contributed by atoms with Crippen LogP contribution in [0.3, 0.4) is 0 Å². The predicted octanol–water partition coefficient (Wildman–Crippen LogP) is 2.28. The predicted molar refractivity (Wildman–Crippen MR) is 85.3 cm³/mol. The molecular weight excluding hydrogens is 298 g/mol. The summed E-state index contributed by atoms with van der Waals surface area (Å²) in [5, 5.41) is 0. The summed E-state index contributed by atoms with van der Waals surface area (Å²) in [5.41, 5.74) is 0.883. The number of likely N-dealkylation sites (tertiary alicyclic amines) is 1. The molecule has 1 heterocycles. The number of carbonyl (C=O) groups excluding carboxylic acids is 1. The van der Waals surface area contributed by atoms with Crippen LogP contribution < -0.4 is 0 Å². The van der Waals surface area contributed by atoms with E-state index < -0.39 is 9.84 Å². The minimum absolute atomic E-state index is 0.170. The highest BCUT2D eigenvalue weighted by Crippen LogP contribution is 2.34. The van der Waals surface area contributed by atoms with E-state index in [2.05, 4.69) is 0 Å². The van der Waals surface area contributed by atoms with E-state index in [-0.39, 0.29) is 5.91 Å². The van der Waals surface area contributed by atoms with Gasteiger partial charge in [-0.2, -0.15) is 0 Å². The molecule has 1 aliphatic heterocycles. The van der Waals surface area contributed by atoms with Gasteiger partial charge in [-0.25, -0.2) is 8.42 Å². The van der Waals surface area contributed by atoms with Crippen LogP contribution in [0.15, 0.2) is 29.2 Å². The topological polar surface area (TPSA) is 54.5 Å². The first-order valence-corrected chi connectivity index (χ1v) is 9.88. The monoisotopic (exact) mass is 321 g/mol. The largest absolute Gasteiger partial charge is 0.342 e. The van der Waals surface area contributed by atoms with E-state index in [1.54, 1.807) is 24.3 Å². The van der Waals surface area contributed by atoms with Gasteiger partial charge in [-0.05, 0) is 48.8 Å². The zero-order valence-corrected chi connectivity index (χ0v) is 13.8. The normalized spacial score (nSPS) is 25.0. The second-order valence-corrected chi connectivity index (χ2v) is 8.81. The molecule has 1 saturated heterocycles. The van der Waals surface area contributed by atoms with Crippen molar-refractivity contribution in [2.75, 3.05) is 19.3 Å². The molecule has 2 aliphatic rings. The van der Waals surface area contributed by atoms with E-state index in [0.29, 0.717) is 23.2 Å². The van der Waals surface area contributed by atoms with E-state index in [1.807, 2.05) is 4.90 Å². The number of carbonyl (C=O) groups is 1. The van der Waals surface area contributed by atoms with Crippen LogP contribution in [-0.4, -0.2) is 38.6 Å². The first-order chi connectivity index (χ1) is 10.4. The van der Waals surface area contributed by atoms with Crippen LogP contribution in [0.2, 0.25) is 0 Å². The third kappa shape index (κ3) is 3.51. The molecule has 3 rings (SSSR count). The van der Waals surface area contributed by atoms with Crippen molar-refractivity contribution >= 4 is 15.7 Å². The molecule has 1 aliphatic carbocycles. The number of fused-ring (bicyclic) bond motifs is 2. The summed E-state index contributed by atoms with van der Waals surface area (Å²) in [7, 11) is -3.17. The van der Waals surface area contributed by atoms with E-state index in [0.717, 1.165) is 18.7 Å². The molecule has 22 heavy (non-hydrogen) atoms. The Morgan fingerprint density at radius 3 is 2.27 bits per heavy atom. The van der Waals surface area contributed by atoms with Crippen LogP contribution in [0.1, 0.15) is 31.2 Å². The quantitative estimate of drug-likeness (QED) is 0.858. The van der Waals surface area contributed by atoms with Crippen molar-refractivity contribution in [3.63, 3.8) is 0 Å². The van der Waals surface area contributed by atoms with Gasteiger partial charge in [-0.3, -0.25) is 4.79 Å². The van der Waals surface area contributed by atoms with Gasteiger partial charge in [0.1, 0.15) is 0 Å². The molecule has 0 radical (unpaired) electrons. The standard InChI is InChI=1S/C17H23NO3S/c1-22(20,21)16-7-5-13(6-8-16)10-17(19)18-11-14-3-2-4-15(9-14)12-18/h5-8,14-15H,2-4,9-12H2,1H3. The van der Waals surface area contributed by atoms with Crippen LogP contribution in [0, 0.1) is 11.8 Å². The SMILES string of the molecule is CS(=O)(=O)c1ccc(CC(=O)N2CC3CCCC(C3)C2)cc1. The van der Waals surface area contributed by atoms with Gasteiger partial charge < -0.3 is 4.90 Å². The summed E-state index contributed by atoms with van der Waals surface area (Å²) < 4.78 is 22.9. The lowest BCUT2D eigenvalue weighted by Gasteiger charge is -2.41. The highest BCUT2D eigenvalue weighted by molar-refractivity contribution is 7.90. The zero-order chi connectivity index (χ0) is 15.7. The van der Waals surface area contributed by atoms with Crippen LogP contribution in [0.5, 0.6) is 0 Å². The third-order valence-electron chi connectivity index (χ3n) is 4.91. The third-order valence-corrected chi connectivity index (χ3v) is 6.04. The molecule has 1 aromatic rings. The van der Waals surface area contributed by atoms with Gasteiger partial charge in [-0.1, -0.05) is 18.6 Å². The van der Waals surface area contributed by atoms with Gasteiger partial charge in [0.25, 0.3) is 0 Å². The molecule has 0 aromatic heterocycles. The Bertz CT molecular complexity index is 639. The average Bonchev–Trinajstić information content (AvgIpc) is 2.46. The van der Waals surface area contributed by atoms with Crippen LogP contribution >= 0.6 is 0 Å². The number of nitrogens with zero attached hydrogens (tertiary/aromatic N) is 1. The number of benzene rings is 1. The maximum atomic E-state index is 12.5. The minimum atomic E-state index is -3.17. The molecule has 2 fully saturated rings. The summed E-state index contributed by atoms with van der Waals surface area (Å²) in [5.74, 6) is 1.54. The summed E-state index contributed by atoms with van der Waals surface area (Å²) in [4.78, 5) is 14.8. The number of hydrogen-bond acceptors (Lipinski definition) is 3. The Labute approximate surface area is 132 Å². The number of sulfone groups is 1. The Morgan fingerprint density at radius 2 is 1.73 bits per heavy atom. The summed E-state index contributed by atoms with van der Waals surface area (Å²) in [6.07, 6.45) is 6.66. The number of rotatable bonds is 3. The fraction of sp³-hybridized carbons (Fsp3) is 0.588. The zero-order valence-electron chi connectivity index (χ0n) is 13.0. The van der Waals surface area contributed by atoms with Crippen LogP contribution in [-0.2, 0) is 21.1 Å². The summed E-state index contributed by atoms with van der Waals surface area (Å²) in [6.45, 7) is 1.80. The second-order valence-electron chi connectivity index (χ2n) is 6.79. The van der Waals surface area contributed by atoms with Crippen molar-refractivity contribution in [2.24, 2.45) is 11.8 Å². The molecule has 0 spiro atoms. The van der Waals surface area contributed by atoms with Gasteiger partial charge in [0, 0.05) is 19.3 Å². The van der Waals surface area contributed by atoms with E-state index >= 15 is 0 Å². The molecule has 120 valence electrons. The van der Waals surface area contributed by atoms with Gasteiger partial charge in [0.15, 0.2) is 9.84 Å². The van der Waals surface area contributed by atoms with Crippen molar-refractivity contribution in [3.05, 3.63) is 29.8 Å². The van der Waals surface area contributed by atoms with Gasteiger partial charge in [-0.15, -0.1) is 0 Å². The van der Waals surface area contributed by atoms with E-state index in [4.69, 9.17) is 0 Å².